The quantitative estimate of drug-likeness (QED) is 0.707. The molecule has 150 valence electrons. The number of aromatic nitrogens is 3. The molecule has 3 aromatic rings. The number of carbonyl (C=O) groups excluding carboxylic acids is 1. The fourth-order valence-corrected chi connectivity index (χ4v) is 3.78. The van der Waals surface area contributed by atoms with Crippen LogP contribution in [0.2, 0.25) is 0 Å². The van der Waals surface area contributed by atoms with Crippen LogP contribution in [0.5, 0.6) is 0 Å². The molecule has 3 heterocycles. The molecule has 1 unspecified atom stereocenters. The molecule has 1 aliphatic rings. The molecule has 0 aliphatic carbocycles. The number of guanidine groups is 1. The van der Waals surface area contributed by atoms with Gasteiger partial charge < -0.3 is 10.3 Å². The van der Waals surface area contributed by atoms with Gasteiger partial charge >= 0.3 is 0 Å². The Labute approximate surface area is 174 Å². The lowest BCUT2D eigenvalue weighted by Crippen LogP contribution is -2.41. The topological polar surface area (TPSA) is 113 Å². The molecule has 8 heteroatoms. The fraction of sp³-hybridized carbons (Fsp3) is 0.227. The Kier molecular flexibility index (Phi) is 4.80. The molecule has 0 saturated carbocycles. The molecule has 8 nitrogen and oxygen atoms in total. The van der Waals surface area contributed by atoms with E-state index in [1.54, 1.807) is 25.5 Å². The molecule has 1 aromatic carbocycles. The summed E-state index contributed by atoms with van der Waals surface area (Å²) in [6, 6.07) is 11.5. The number of aryl methyl sites for hydroxylation is 1. The summed E-state index contributed by atoms with van der Waals surface area (Å²) in [6.45, 7) is 2.70. The molecule has 1 atom stereocenters. The zero-order chi connectivity index (χ0) is 21.3. The lowest BCUT2D eigenvalue weighted by Gasteiger charge is -2.25. The number of nitrogens with two attached hydrogens (primary N) is 1. The van der Waals surface area contributed by atoms with Crippen LogP contribution >= 0.6 is 0 Å². The van der Waals surface area contributed by atoms with Crippen molar-refractivity contribution >= 4 is 11.9 Å². The smallest absolute Gasteiger partial charge is 0.266 e. The van der Waals surface area contributed by atoms with Gasteiger partial charge in [0, 0.05) is 43.3 Å². The highest BCUT2D eigenvalue weighted by atomic mass is 16.2. The Bertz CT molecular complexity index is 1180. The lowest BCUT2D eigenvalue weighted by atomic mass is 9.83. The van der Waals surface area contributed by atoms with Crippen LogP contribution in [0.1, 0.15) is 30.2 Å². The zero-order valence-corrected chi connectivity index (χ0v) is 16.8. The van der Waals surface area contributed by atoms with Gasteiger partial charge in [0.25, 0.3) is 5.91 Å². The summed E-state index contributed by atoms with van der Waals surface area (Å²) in [4.78, 5) is 27.6. The predicted molar refractivity (Wildman–Crippen MR) is 112 cm³/mol. The minimum absolute atomic E-state index is 0.134. The third kappa shape index (κ3) is 2.92. The molecule has 2 N–H and O–H groups in total. The number of aliphatic imine (C=N–C) groups is 1. The first-order chi connectivity index (χ1) is 14.5. The molecule has 0 radical (unpaired) electrons. The van der Waals surface area contributed by atoms with E-state index in [1.165, 1.54) is 11.2 Å². The lowest BCUT2D eigenvalue weighted by molar-refractivity contribution is -0.129. The first kappa shape index (κ1) is 19.3. The number of hydrogen-bond acceptors (Lipinski definition) is 6. The second-order valence-corrected chi connectivity index (χ2v) is 7.17. The third-order valence-electron chi connectivity index (χ3n) is 5.31. The summed E-state index contributed by atoms with van der Waals surface area (Å²) in [6.07, 6.45) is 7.58. The number of nitriles is 1. The van der Waals surface area contributed by atoms with Crippen molar-refractivity contribution in [1.29, 1.82) is 5.26 Å². The van der Waals surface area contributed by atoms with E-state index in [-0.39, 0.29) is 11.9 Å². The van der Waals surface area contributed by atoms with Crippen LogP contribution in [0.4, 0.5) is 0 Å². The van der Waals surface area contributed by atoms with Crippen molar-refractivity contribution in [2.75, 3.05) is 7.05 Å². The van der Waals surface area contributed by atoms with Gasteiger partial charge in [-0.25, -0.2) is 15.0 Å². The predicted octanol–water partition coefficient (Wildman–Crippen LogP) is 2.26. The first-order valence-corrected chi connectivity index (χ1v) is 9.61. The van der Waals surface area contributed by atoms with Crippen molar-refractivity contribution in [2.45, 2.75) is 25.4 Å². The largest absolute Gasteiger partial charge is 0.369 e. The summed E-state index contributed by atoms with van der Waals surface area (Å²) in [5.74, 6) is -0.130. The molecular formula is C22H21N7O. The minimum Gasteiger partial charge on any atom is -0.369 e. The van der Waals surface area contributed by atoms with Gasteiger partial charge in [-0.2, -0.15) is 5.26 Å². The number of benzene rings is 1. The molecule has 0 fully saturated rings. The Morgan fingerprint density at radius 1 is 1.17 bits per heavy atom. The monoisotopic (exact) mass is 399 g/mol. The van der Waals surface area contributed by atoms with Crippen LogP contribution in [0.25, 0.3) is 11.1 Å². The van der Waals surface area contributed by atoms with Crippen LogP contribution in [-0.2, 0) is 16.9 Å². The van der Waals surface area contributed by atoms with Gasteiger partial charge in [0.05, 0.1) is 0 Å². The van der Waals surface area contributed by atoms with Crippen molar-refractivity contribution in [3.8, 4) is 17.2 Å². The Morgan fingerprint density at radius 3 is 2.57 bits per heavy atom. The Morgan fingerprint density at radius 2 is 1.93 bits per heavy atom. The molecule has 1 aliphatic heterocycles. The van der Waals surface area contributed by atoms with E-state index in [0.717, 1.165) is 17.5 Å². The van der Waals surface area contributed by atoms with Crippen molar-refractivity contribution < 1.29 is 4.79 Å². The summed E-state index contributed by atoms with van der Waals surface area (Å²) in [7, 11) is 1.60. The maximum absolute atomic E-state index is 13.5. The normalized spacial score (nSPS) is 18.4. The Hall–Kier alpha value is -3.99. The zero-order valence-electron chi connectivity index (χ0n) is 16.8. The van der Waals surface area contributed by atoms with Gasteiger partial charge in [0.1, 0.15) is 18.1 Å². The molecule has 4 rings (SSSR count). The Balaban J connectivity index is 1.94. The number of nitrogens with zero attached hydrogens (tertiary/aromatic N) is 6. The van der Waals surface area contributed by atoms with Gasteiger partial charge in [-0.3, -0.25) is 9.69 Å². The summed E-state index contributed by atoms with van der Waals surface area (Å²) in [5, 5.41) is 9.58. The second-order valence-electron chi connectivity index (χ2n) is 7.17. The van der Waals surface area contributed by atoms with E-state index in [0.29, 0.717) is 23.4 Å². The highest BCUT2D eigenvalue weighted by Gasteiger charge is 2.50. The van der Waals surface area contributed by atoms with E-state index < -0.39 is 5.54 Å². The first-order valence-electron chi connectivity index (χ1n) is 9.61. The third-order valence-corrected chi connectivity index (χ3v) is 5.31. The molecule has 30 heavy (non-hydrogen) atoms. The van der Waals surface area contributed by atoms with E-state index in [1.807, 2.05) is 42.0 Å². The maximum Gasteiger partial charge on any atom is 0.266 e. The van der Waals surface area contributed by atoms with Gasteiger partial charge in [0.2, 0.25) is 0 Å². The number of carbonyl (C=O) groups is 1. The average molecular weight is 399 g/mol. The molecule has 0 spiro atoms. The number of rotatable bonds is 5. The second kappa shape index (κ2) is 7.44. The summed E-state index contributed by atoms with van der Waals surface area (Å²) < 4.78 is 1.85. The molecule has 0 saturated heterocycles. The number of hydrogen-bond donors (Lipinski definition) is 1. The van der Waals surface area contributed by atoms with Crippen LogP contribution in [0, 0.1) is 11.3 Å². The van der Waals surface area contributed by atoms with E-state index in [2.05, 4.69) is 21.0 Å². The maximum atomic E-state index is 13.5. The fourth-order valence-electron chi connectivity index (χ4n) is 3.78. The van der Waals surface area contributed by atoms with E-state index >= 15 is 0 Å². The summed E-state index contributed by atoms with van der Waals surface area (Å²) >= 11 is 0. The van der Waals surface area contributed by atoms with Crippen molar-refractivity contribution in [3.05, 3.63) is 72.1 Å². The number of likely N-dealkylation sites (N-methyl/N-ethyl adjacent to an activating group) is 1. The summed E-state index contributed by atoms with van der Waals surface area (Å²) in [5.41, 5.74) is 8.16. The minimum atomic E-state index is -1.35. The standard InChI is InChI=1S/C22H21N7O/c1-3-7-29-13-18(9-19(29)10-23)22(20(30)28(2)21(24)27-22)17-6-4-5-15(8-17)16-11-25-14-26-12-16/h4-6,8-9,11-14H,3,7H2,1-2H3,(H2,24,27). The van der Waals surface area contributed by atoms with Crippen LogP contribution in [0.3, 0.4) is 0 Å². The van der Waals surface area contributed by atoms with Crippen molar-refractivity contribution in [2.24, 2.45) is 10.7 Å². The highest BCUT2D eigenvalue weighted by Crippen LogP contribution is 2.41. The van der Waals surface area contributed by atoms with Crippen LogP contribution in [-0.4, -0.2) is 38.3 Å². The van der Waals surface area contributed by atoms with Crippen LogP contribution in [0.15, 0.2) is 60.2 Å². The molecular weight excluding hydrogens is 378 g/mol. The van der Waals surface area contributed by atoms with Crippen molar-refractivity contribution in [3.63, 3.8) is 0 Å². The number of amides is 1. The van der Waals surface area contributed by atoms with Crippen molar-refractivity contribution in [1.82, 2.24) is 19.4 Å². The van der Waals surface area contributed by atoms with Crippen LogP contribution < -0.4 is 5.73 Å². The molecule has 2 aromatic heterocycles. The molecule has 0 bridgehead atoms. The van der Waals surface area contributed by atoms with E-state index in [9.17, 15) is 10.1 Å². The average Bonchev–Trinajstić information content (AvgIpc) is 3.29. The van der Waals surface area contributed by atoms with Gasteiger partial charge in [-0.15, -0.1) is 0 Å². The molecule has 1 amide bonds. The highest BCUT2D eigenvalue weighted by molar-refractivity contribution is 6.09. The van der Waals surface area contributed by atoms with E-state index in [4.69, 9.17) is 5.73 Å². The SMILES string of the molecule is CCCn1cc(C2(c3cccc(-c4cncnc4)c3)N=C(N)N(C)C2=O)cc1C#N. The van der Waals surface area contributed by atoms with Gasteiger partial charge in [-0.1, -0.05) is 25.1 Å². The van der Waals surface area contributed by atoms with Gasteiger partial charge in [0.15, 0.2) is 11.5 Å². The van der Waals surface area contributed by atoms with Gasteiger partial charge in [-0.05, 0) is 29.7 Å².